The molecule has 6 nitrogen and oxygen atoms in total. The lowest BCUT2D eigenvalue weighted by Crippen LogP contribution is -2.32. The predicted molar refractivity (Wildman–Crippen MR) is 154 cm³/mol. The van der Waals surface area contributed by atoms with Gasteiger partial charge in [-0.05, 0) is 87.7 Å². The van der Waals surface area contributed by atoms with E-state index in [1.54, 1.807) is 6.92 Å². The molecule has 0 amide bonds. The molecule has 2 aliphatic rings. The van der Waals surface area contributed by atoms with Crippen LogP contribution in [0.15, 0.2) is 48.6 Å². The van der Waals surface area contributed by atoms with Crippen LogP contribution in [0.1, 0.15) is 95.1 Å². The maximum absolute atomic E-state index is 12.1. The van der Waals surface area contributed by atoms with Gasteiger partial charge >= 0.3 is 5.97 Å². The fourth-order valence-electron chi connectivity index (χ4n) is 5.53. The lowest BCUT2D eigenvalue weighted by molar-refractivity contribution is -0.165. The maximum Gasteiger partial charge on any atom is 0.333 e. The molecule has 1 saturated heterocycles. The van der Waals surface area contributed by atoms with E-state index in [-0.39, 0.29) is 32.0 Å². The number of aryl methyl sites for hydroxylation is 1. The van der Waals surface area contributed by atoms with Crippen LogP contribution in [0.4, 0.5) is 0 Å². The van der Waals surface area contributed by atoms with Gasteiger partial charge < -0.3 is 24.1 Å². The summed E-state index contributed by atoms with van der Waals surface area (Å²) in [5.74, 6) is 0.494. The number of carbonyl (C=O) groups is 1. The van der Waals surface area contributed by atoms with Crippen molar-refractivity contribution in [3.8, 4) is 0 Å². The van der Waals surface area contributed by atoms with E-state index < -0.39 is 12.3 Å². The van der Waals surface area contributed by atoms with E-state index in [1.807, 2.05) is 0 Å². The van der Waals surface area contributed by atoms with Crippen LogP contribution in [0.25, 0.3) is 0 Å². The predicted octanol–water partition coefficient (Wildman–Crippen LogP) is 6.86. The third-order valence-electron chi connectivity index (χ3n) is 8.15. The second kappa shape index (κ2) is 17.0. The van der Waals surface area contributed by atoms with Crippen molar-refractivity contribution in [2.24, 2.45) is 11.8 Å². The van der Waals surface area contributed by atoms with Gasteiger partial charge in [-0.2, -0.15) is 0 Å². The molecule has 218 valence electrons. The molecular formula is C33H50O6. The zero-order valence-corrected chi connectivity index (χ0v) is 24.2. The third-order valence-corrected chi connectivity index (χ3v) is 8.15. The monoisotopic (exact) mass is 542 g/mol. The zero-order chi connectivity index (χ0) is 28.0. The van der Waals surface area contributed by atoms with Crippen molar-refractivity contribution >= 4 is 5.97 Å². The largest absolute Gasteiger partial charge is 0.462 e. The second-order valence-electron chi connectivity index (χ2n) is 11.4. The molecule has 1 saturated carbocycles. The molecule has 1 aromatic rings. The van der Waals surface area contributed by atoms with E-state index in [0.717, 1.165) is 51.4 Å². The Morgan fingerprint density at radius 1 is 1.05 bits per heavy atom. The number of ether oxygens (including phenoxy) is 4. The lowest BCUT2D eigenvalue weighted by Gasteiger charge is -2.34. The number of esters is 1. The first kappa shape index (κ1) is 31.5. The quantitative estimate of drug-likeness (QED) is 0.0808. The van der Waals surface area contributed by atoms with Gasteiger partial charge in [-0.1, -0.05) is 57.2 Å². The van der Waals surface area contributed by atoms with Crippen molar-refractivity contribution in [3.05, 3.63) is 59.7 Å². The van der Waals surface area contributed by atoms with Crippen LogP contribution in [0.2, 0.25) is 0 Å². The number of rotatable bonds is 16. The second-order valence-corrected chi connectivity index (χ2v) is 11.4. The molecule has 0 spiro atoms. The fraction of sp³-hybridized carbons (Fsp3) is 0.667. The molecule has 3 atom stereocenters. The topological polar surface area (TPSA) is 74.2 Å². The van der Waals surface area contributed by atoms with Gasteiger partial charge in [-0.3, -0.25) is 0 Å². The van der Waals surface area contributed by atoms with Crippen LogP contribution in [0.5, 0.6) is 0 Å². The van der Waals surface area contributed by atoms with Crippen LogP contribution < -0.4 is 0 Å². The number of aliphatic hydroxyl groups excluding tert-OH is 1. The van der Waals surface area contributed by atoms with E-state index in [9.17, 15) is 9.90 Å². The van der Waals surface area contributed by atoms with Crippen LogP contribution >= 0.6 is 0 Å². The third kappa shape index (κ3) is 10.8. The summed E-state index contributed by atoms with van der Waals surface area (Å²) < 4.78 is 22.7. The smallest absolute Gasteiger partial charge is 0.333 e. The molecule has 3 unspecified atom stereocenters. The highest BCUT2D eigenvalue weighted by atomic mass is 16.7. The summed E-state index contributed by atoms with van der Waals surface area (Å²) in [7, 11) is 0. The number of hydrogen-bond donors (Lipinski definition) is 1. The Bertz CT molecular complexity index is 880. The summed E-state index contributed by atoms with van der Waals surface area (Å²) in [5, 5.41) is 10.6. The maximum atomic E-state index is 12.1. The summed E-state index contributed by atoms with van der Waals surface area (Å²) in [6.07, 6.45) is 10.8. The number of benzene rings is 1. The van der Waals surface area contributed by atoms with Gasteiger partial charge in [0.25, 0.3) is 0 Å². The summed E-state index contributed by atoms with van der Waals surface area (Å²) >= 11 is 0. The van der Waals surface area contributed by atoms with Crippen molar-refractivity contribution < 1.29 is 28.8 Å². The summed E-state index contributed by atoms with van der Waals surface area (Å²) in [6, 6.07) is 9.21. The van der Waals surface area contributed by atoms with Gasteiger partial charge in [0.2, 0.25) is 0 Å². The molecular weight excluding hydrogens is 492 g/mol. The van der Waals surface area contributed by atoms with Crippen molar-refractivity contribution in [3.63, 3.8) is 0 Å². The summed E-state index contributed by atoms with van der Waals surface area (Å²) in [5.41, 5.74) is 3.69. The first-order chi connectivity index (χ1) is 18.9. The number of aliphatic hydroxyl groups is 1. The summed E-state index contributed by atoms with van der Waals surface area (Å²) in [4.78, 5) is 12.1. The van der Waals surface area contributed by atoms with Crippen LogP contribution in [-0.2, 0) is 30.2 Å². The molecule has 1 heterocycles. The van der Waals surface area contributed by atoms with Gasteiger partial charge in [-0.25, -0.2) is 4.79 Å². The molecule has 1 aromatic carbocycles. The zero-order valence-electron chi connectivity index (χ0n) is 24.2. The fourth-order valence-corrected chi connectivity index (χ4v) is 5.53. The Labute approximate surface area is 235 Å². The van der Waals surface area contributed by atoms with Crippen molar-refractivity contribution in [1.82, 2.24) is 0 Å². The van der Waals surface area contributed by atoms with Crippen LogP contribution in [0, 0.1) is 11.8 Å². The molecule has 1 N–H and O–H groups in total. The first-order valence-electron chi connectivity index (χ1n) is 15.0. The Hall–Kier alpha value is -1.99. The van der Waals surface area contributed by atoms with Crippen LogP contribution in [0.3, 0.4) is 0 Å². The van der Waals surface area contributed by atoms with E-state index in [1.165, 1.54) is 30.4 Å². The molecule has 0 radical (unpaired) electrons. The van der Waals surface area contributed by atoms with E-state index >= 15 is 0 Å². The van der Waals surface area contributed by atoms with Gasteiger partial charge in [-0.15, -0.1) is 0 Å². The molecule has 6 heteroatoms. The number of carbonyl (C=O) groups excluding carboxylic acids is 1. The average Bonchev–Trinajstić information content (AvgIpc) is 2.96. The van der Waals surface area contributed by atoms with E-state index in [2.05, 4.69) is 44.3 Å². The minimum absolute atomic E-state index is 0.0137. The van der Waals surface area contributed by atoms with Crippen LogP contribution in [-0.4, -0.2) is 50.1 Å². The average molecular weight is 543 g/mol. The summed E-state index contributed by atoms with van der Waals surface area (Å²) in [6.45, 7) is 12.9. The lowest BCUT2D eigenvalue weighted by atomic mass is 9.74. The van der Waals surface area contributed by atoms with E-state index in [0.29, 0.717) is 29.6 Å². The van der Waals surface area contributed by atoms with Gasteiger partial charge in [0.15, 0.2) is 12.6 Å². The minimum Gasteiger partial charge on any atom is -0.462 e. The first-order valence-corrected chi connectivity index (χ1v) is 15.0. The van der Waals surface area contributed by atoms with Gasteiger partial charge in [0.1, 0.15) is 0 Å². The van der Waals surface area contributed by atoms with Crippen molar-refractivity contribution in [1.29, 1.82) is 0 Å². The standard InChI is InChI=1S/C33H50O6/c1-5-6-7-10-26-12-14-27(15-13-26)28-16-18-29(19-17-28)30(22-38-32(34)24(2)3)23-39-33(35)25(4)21-37-31-11-8-9-20-36-31/h12-15,28-31,33,35H,2,4-11,16-23H2,1,3H3. The van der Waals surface area contributed by atoms with Gasteiger partial charge in [0, 0.05) is 23.7 Å². The molecule has 39 heavy (non-hydrogen) atoms. The Morgan fingerprint density at radius 3 is 2.44 bits per heavy atom. The Kier molecular flexibility index (Phi) is 13.7. The van der Waals surface area contributed by atoms with Crippen molar-refractivity contribution in [2.45, 2.75) is 103 Å². The molecule has 0 aromatic heterocycles. The minimum atomic E-state index is -1.14. The molecule has 1 aliphatic carbocycles. The highest BCUT2D eigenvalue weighted by Gasteiger charge is 2.30. The Morgan fingerprint density at radius 2 is 1.79 bits per heavy atom. The molecule has 1 aliphatic heterocycles. The van der Waals surface area contributed by atoms with E-state index in [4.69, 9.17) is 18.9 Å². The highest BCUT2D eigenvalue weighted by Crippen LogP contribution is 2.39. The Balaban J connectivity index is 1.49. The van der Waals surface area contributed by atoms with Crippen molar-refractivity contribution in [2.75, 3.05) is 26.4 Å². The number of hydrogen-bond acceptors (Lipinski definition) is 6. The molecule has 2 fully saturated rings. The normalized spacial score (nSPS) is 23.1. The SMILES string of the molecule is C=C(C)C(=O)OCC(COC(O)C(=C)COC1CCCCO1)C1CCC(c2ccc(CCCCC)cc2)CC1. The van der Waals surface area contributed by atoms with Gasteiger partial charge in [0.05, 0.1) is 19.8 Å². The molecule has 3 rings (SSSR count). The number of unbranched alkanes of at least 4 members (excludes halogenated alkanes) is 2. The molecule has 0 bridgehead atoms. The highest BCUT2D eigenvalue weighted by molar-refractivity contribution is 5.86.